The molecule has 3 aromatic rings. The first-order chi connectivity index (χ1) is 16.9. The molecule has 0 aliphatic heterocycles. The van der Waals surface area contributed by atoms with Gasteiger partial charge in [-0.25, -0.2) is 0 Å². The highest BCUT2D eigenvalue weighted by molar-refractivity contribution is 6.02. The molecule has 0 saturated heterocycles. The molecule has 0 saturated carbocycles. The number of carbonyl (C=O) groups excluding carboxylic acids is 1. The zero-order valence-corrected chi connectivity index (χ0v) is 20.4. The monoisotopic (exact) mass is 466 g/mol. The van der Waals surface area contributed by atoms with Crippen molar-refractivity contribution in [3.63, 3.8) is 0 Å². The third-order valence-electron chi connectivity index (χ3n) is 5.57. The summed E-state index contributed by atoms with van der Waals surface area (Å²) in [6, 6.07) is 23.2. The van der Waals surface area contributed by atoms with Crippen LogP contribution >= 0.6 is 0 Å². The second-order valence-electron chi connectivity index (χ2n) is 8.25. The van der Waals surface area contributed by atoms with Crippen LogP contribution in [-0.2, 0) is 17.8 Å². The fourth-order valence-corrected chi connectivity index (χ4v) is 3.64. The molecular formula is C30H30N2O3. The predicted octanol–water partition coefficient (Wildman–Crippen LogP) is 6.10. The number of amides is 1. The molecule has 1 N–H and O–H groups in total. The molecule has 5 heteroatoms. The lowest BCUT2D eigenvalue weighted by Gasteiger charge is -2.16. The van der Waals surface area contributed by atoms with Crippen LogP contribution in [0.2, 0.25) is 0 Å². The third kappa shape index (κ3) is 6.84. The van der Waals surface area contributed by atoms with Crippen LogP contribution < -0.4 is 14.8 Å². The summed E-state index contributed by atoms with van der Waals surface area (Å²) in [6.45, 7) is 8.16. The zero-order valence-electron chi connectivity index (χ0n) is 20.4. The van der Waals surface area contributed by atoms with Gasteiger partial charge in [-0.3, -0.25) is 4.79 Å². The molecule has 0 fully saturated rings. The van der Waals surface area contributed by atoms with Crippen LogP contribution in [0.3, 0.4) is 0 Å². The lowest BCUT2D eigenvalue weighted by molar-refractivity contribution is -0.117. The minimum Gasteiger partial charge on any atom is -0.493 e. The Balaban J connectivity index is 1.86. The molecule has 1 amide bonds. The fourth-order valence-electron chi connectivity index (χ4n) is 3.64. The topological polar surface area (TPSA) is 71.4 Å². The van der Waals surface area contributed by atoms with E-state index in [2.05, 4.69) is 11.9 Å². The molecule has 0 unspecified atom stereocenters. The Morgan fingerprint density at radius 2 is 1.86 bits per heavy atom. The Morgan fingerprint density at radius 3 is 2.49 bits per heavy atom. The predicted molar refractivity (Wildman–Crippen MR) is 139 cm³/mol. The van der Waals surface area contributed by atoms with Crippen molar-refractivity contribution in [2.24, 2.45) is 0 Å². The standard InChI is InChI=1S/C30H30N2O3/c1-5-9-26-16-24(17-27(19-31)30(33)32-22(3)25-10-7-6-8-11-25)18-28(34-4)29(26)35-20-23-14-12-21(2)13-15-23/h5-8,10-18,22H,1,9,20H2,2-4H3,(H,32,33)/b27-17-/t22-/m1/s1. The lowest BCUT2D eigenvalue weighted by atomic mass is 10.0. The molecular weight excluding hydrogens is 436 g/mol. The number of nitrogens with zero attached hydrogens (tertiary/aromatic N) is 1. The number of aryl methyl sites for hydroxylation is 1. The van der Waals surface area contributed by atoms with Crippen molar-refractivity contribution in [3.8, 4) is 17.6 Å². The second kappa shape index (κ2) is 12.2. The number of nitriles is 1. The number of hydrogen-bond acceptors (Lipinski definition) is 4. The molecule has 1 atom stereocenters. The Kier molecular flexibility index (Phi) is 8.86. The van der Waals surface area contributed by atoms with E-state index in [1.807, 2.05) is 80.6 Å². The summed E-state index contributed by atoms with van der Waals surface area (Å²) in [4.78, 5) is 12.8. The second-order valence-corrected chi connectivity index (χ2v) is 8.25. The van der Waals surface area contributed by atoms with E-state index in [1.165, 1.54) is 5.56 Å². The molecule has 0 bridgehead atoms. The van der Waals surface area contributed by atoms with Gasteiger partial charge >= 0.3 is 0 Å². The zero-order chi connectivity index (χ0) is 25.2. The highest BCUT2D eigenvalue weighted by atomic mass is 16.5. The number of carbonyl (C=O) groups is 1. The fraction of sp³-hybridized carbons (Fsp3) is 0.200. The molecule has 3 aromatic carbocycles. The number of methoxy groups -OCH3 is 1. The van der Waals surface area contributed by atoms with Gasteiger partial charge in [-0.2, -0.15) is 5.26 Å². The van der Waals surface area contributed by atoms with Gasteiger partial charge in [-0.1, -0.05) is 66.2 Å². The number of nitrogens with one attached hydrogen (secondary N) is 1. The van der Waals surface area contributed by atoms with E-state index in [-0.39, 0.29) is 11.6 Å². The Bertz CT molecular complexity index is 1240. The van der Waals surface area contributed by atoms with E-state index in [0.29, 0.717) is 30.1 Å². The van der Waals surface area contributed by atoms with Gasteiger partial charge in [0.1, 0.15) is 18.2 Å². The quantitative estimate of drug-likeness (QED) is 0.223. The average molecular weight is 467 g/mol. The molecule has 178 valence electrons. The summed E-state index contributed by atoms with van der Waals surface area (Å²) >= 11 is 0. The molecule has 0 aromatic heterocycles. The number of hydrogen-bond donors (Lipinski definition) is 1. The van der Waals surface area contributed by atoms with Crippen LogP contribution in [0.4, 0.5) is 0 Å². The smallest absolute Gasteiger partial charge is 0.262 e. The van der Waals surface area contributed by atoms with Crippen molar-refractivity contribution in [2.45, 2.75) is 32.9 Å². The first-order valence-corrected chi connectivity index (χ1v) is 11.4. The lowest BCUT2D eigenvalue weighted by Crippen LogP contribution is -2.27. The molecule has 0 aliphatic carbocycles. The largest absolute Gasteiger partial charge is 0.493 e. The average Bonchev–Trinajstić information content (AvgIpc) is 2.87. The summed E-state index contributed by atoms with van der Waals surface area (Å²) in [6.07, 6.45) is 3.88. The molecule has 0 heterocycles. The van der Waals surface area contributed by atoms with Gasteiger partial charge in [0.2, 0.25) is 0 Å². The highest BCUT2D eigenvalue weighted by Crippen LogP contribution is 2.35. The van der Waals surface area contributed by atoms with Gasteiger partial charge in [0.05, 0.1) is 13.2 Å². The van der Waals surface area contributed by atoms with E-state index in [9.17, 15) is 10.1 Å². The first kappa shape index (κ1) is 25.3. The van der Waals surface area contributed by atoms with E-state index in [4.69, 9.17) is 9.47 Å². The SMILES string of the molecule is C=CCc1cc(/C=C(/C#N)C(=O)N[C@H](C)c2ccccc2)cc(OC)c1OCc1ccc(C)cc1. The number of allylic oxidation sites excluding steroid dienone is 1. The van der Waals surface area contributed by atoms with E-state index >= 15 is 0 Å². The highest BCUT2D eigenvalue weighted by Gasteiger charge is 2.16. The number of ether oxygens (including phenoxy) is 2. The van der Waals surface area contributed by atoms with Crippen LogP contribution in [0, 0.1) is 18.3 Å². The molecule has 0 spiro atoms. The maximum atomic E-state index is 12.8. The normalized spacial score (nSPS) is 11.8. The maximum absolute atomic E-state index is 12.8. The van der Waals surface area contributed by atoms with Gasteiger partial charge in [0.25, 0.3) is 5.91 Å². The van der Waals surface area contributed by atoms with E-state index < -0.39 is 5.91 Å². The van der Waals surface area contributed by atoms with Crippen molar-refractivity contribution in [3.05, 3.63) is 113 Å². The van der Waals surface area contributed by atoms with Gasteiger partial charge in [0, 0.05) is 5.56 Å². The van der Waals surface area contributed by atoms with E-state index in [1.54, 1.807) is 25.3 Å². The van der Waals surface area contributed by atoms with Crippen molar-refractivity contribution < 1.29 is 14.3 Å². The van der Waals surface area contributed by atoms with Crippen LogP contribution in [0.25, 0.3) is 6.08 Å². The first-order valence-electron chi connectivity index (χ1n) is 11.4. The van der Waals surface area contributed by atoms with Crippen molar-refractivity contribution in [1.29, 1.82) is 5.26 Å². The summed E-state index contributed by atoms with van der Waals surface area (Å²) in [5, 5.41) is 12.6. The van der Waals surface area contributed by atoms with Crippen molar-refractivity contribution in [1.82, 2.24) is 5.32 Å². The van der Waals surface area contributed by atoms with Gasteiger partial charge in [-0.05, 0) is 55.2 Å². The van der Waals surface area contributed by atoms with Gasteiger partial charge < -0.3 is 14.8 Å². The minimum absolute atomic E-state index is 0.00714. The van der Waals surface area contributed by atoms with Crippen molar-refractivity contribution >= 4 is 12.0 Å². The van der Waals surface area contributed by atoms with Gasteiger partial charge in [-0.15, -0.1) is 6.58 Å². The van der Waals surface area contributed by atoms with Crippen molar-refractivity contribution in [2.75, 3.05) is 7.11 Å². The van der Waals surface area contributed by atoms with Crippen LogP contribution in [0.1, 0.15) is 40.8 Å². The summed E-state index contributed by atoms with van der Waals surface area (Å²) < 4.78 is 11.7. The Hall–Kier alpha value is -4.30. The molecule has 35 heavy (non-hydrogen) atoms. The molecule has 0 radical (unpaired) electrons. The molecule has 0 aliphatic rings. The summed E-state index contributed by atoms with van der Waals surface area (Å²) in [5.74, 6) is 0.705. The van der Waals surface area contributed by atoms with Crippen LogP contribution in [0.5, 0.6) is 11.5 Å². The molecule has 5 nitrogen and oxygen atoms in total. The van der Waals surface area contributed by atoms with Gasteiger partial charge in [0.15, 0.2) is 11.5 Å². The third-order valence-corrected chi connectivity index (χ3v) is 5.57. The maximum Gasteiger partial charge on any atom is 0.262 e. The van der Waals surface area contributed by atoms with Crippen LogP contribution in [0.15, 0.2) is 85.0 Å². The Morgan fingerprint density at radius 1 is 1.14 bits per heavy atom. The number of rotatable bonds is 10. The summed E-state index contributed by atoms with van der Waals surface area (Å²) in [5.41, 5.74) is 4.72. The van der Waals surface area contributed by atoms with E-state index in [0.717, 1.165) is 16.7 Å². The summed E-state index contributed by atoms with van der Waals surface area (Å²) in [7, 11) is 1.57. The van der Waals surface area contributed by atoms with Crippen LogP contribution in [-0.4, -0.2) is 13.0 Å². The number of benzene rings is 3. The molecule has 3 rings (SSSR count). The minimum atomic E-state index is -0.437. The Labute approximate surface area is 207 Å².